The predicted octanol–water partition coefficient (Wildman–Crippen LogP) is -4.37. The van der Waals surface area contributed by atoms with E-state index in [0.717, 1.165) is 6.26 Å². The topological polar surface area (TPSA) is 83.5 Å². The van der Waals surface area contributed by atoms with Gasteiger partial charge in [-0.1, -0.05) is 0 Å². The Morgan fingerprint density at radius 2 is 2.00 bits per heavy atom. The van der Waals surface area contributed by atoms with Gasteiger partial charge < -0.3 is 10.1 Å². The van der Waals surface area contributed by atoms with Crippen molar-refractivity contribution in [1.29, 1.82) is 0 Å². The van der Waals surface area contributed by atoms with Crippen molar-refractivity contribution in [3.8, 4) is 0 Å². The Bertz CT molecular complexity index is 222. The Balaban J connectivity index is 0. The molecule has 0 aromatic carbocycles. The van der Waals surface area contributed by atoms with Gasteiger partial charge in [-0.15, -0.1) is 0 Å². The van der Waals surface area contributed by atoms with E-state index >= 15 is 0 Å². The molecule has 0 aliphatic carbocycles. The monoisotopic (exact) mass is 204 g/mol. The fourth-order valence-electron chi connectivity index (χ4n) is 0.520. The van der Waals surface area contributed by atoms with Gasteiger partial charge in [0.25, 0.3) is 5.97 Å². The minimum absolute atomic E-state index is 0. The van der Waals surface area contributed by atoms with Gasteiger partial charge >= 0.3 is 29.6 Å². The summed E-state index contributed by atoms with van der Waals surface area (Å²) in [5.41, 5.74) is 0. The number of carbonyl (C=O) groups is 1. The standard InChI is InChI=1S/C5H10O5S.Na/c1-11(8,9)4-2-3-5(6)10-7;/h7H,2-4H2,1H3;/q;+1/p-1. The van der Waals surface area contributed by atoms with E-state index in [4.69, 9.17) is 0 Å². The van der Waals surface area contributed by atoms with Crippen LogP contribution in [0.15, 0.2) is 0 Å². The molecule has 0 heterocycles. The summed E-state index contributed by atoms with van der Waals surface area (Å²) >= 11 is 0. The summed E-state index contributed by atoms with van der Waals surface area (Å²) < 4.78 is 20.9. The van der Waals surface area contributed by atoms with E-state index in [9.17, 15) is 18.5 Å². The molecule has 0 amide bonds. The molecule has 0 fully saturated rings. The quantitative estimate of drug-likeness (QED) is 0.262. The number of carbonyl (C=O) groups excluding carboxylic acids is 1. The third-order valence-electron chi connectivity index (χ3n) is 0.989. The van der Waals surface area contributed by atoms with Gasteiger partial charge in [0, 0.05) is 12.7 Å². The van der Waals surface area contributed by atoms with Crippen LogP contribution >= 0.6 is 0 Å². The SMILES string of the molecule is CS(=O)(=O)CCCC(=O)O[O-].[Na+]. The predicted molar refractivity (Wildman–Crippen MR) is 35.0 cm³/mol. The Morgan fingerprint density at radius 3 is 2.33 bits per heavy atom. The van der Waals surface area contributed by atoms with Gasteiger partial charge in [-0.2, -0.15) is 0 Å². The minimum atomic E-state index is -3.04. The number of hydrogen-bond acceptors (Lipinski definition) is 5. The zero-order valence-corrected chi connectivity index (χ0v) is 9.89. The van der Waals surface area contributed by atoms with Gasteiger partial charge in [-0.25, -0.2) is 8.42 Å². The van der Waals surface area contributed by atoms with Crippen LogP contribution in [-0.4, -0.2) is 26.4 Å². The van der Waals surface area contributed by atoms with Gasteiger partial charge in [0.05, 0.1) is 5.75 Å². The molecule has 7 heteroatoms. The molecule has 5 nitrogen and oxygen atoms in total. The molecule has 0 bridgehead atoms. The summed E-state index contributed by atoms with van der Waals surface area (Å²) in [6.45, 7) is 0. The van der Waals surface area contributed by atoms with Crippen LogP contribution in [0, 0.1) is 0 Å². The number of hydrogen-bond donors (Lipinski definition) is 0. The van der Waals surface area contributed by atoms with Crippen molar-refractivity contribution in [2.75, 3.05) is 12.0 Å². The molecule has 0 rings (SSSR count). The smallest absolute Gasteiger partial charge is 0.662 e. The van der Waals surface area contributed by atoms with Crippen LogP contribution in [0.1, 0.15) is 12.8 Å². The Morgan fingerprint density at radius 1 is 1.50 bits per heavy atom. The zero-order valence-electron chi connectivity index (χ0n) is 7.07. The van der Waals surface area contributed by atoms with E-state index in [0.29, 0.717) is 0 Å². The fourth-order valence-corrected chi connectivity index (χ4v) is 1.19. The fraction of sp³-hybridized carbons (Fsp3) is 0.800. The summed E-state index contributed by atoms with van der Waals surface area (Å²) in [6, 6.07) is 0. The van der Waals surface area contributed by atoms with Crippen molar-refractivity contribution in [2.45, 2.75) is 12.8 Å². The maximum atomic E-state index is 10.5. The molecular formula is C5H9NaO5S. The average Bonchev–Trinajstić information content (AvgIpc) is 1.85. The summed E-state index contributed by atoms with van der Waals surface area (Å²) in [4.78, 5) is 13.2. The third kappa shape index (κ3) is 10.4. The van der Waals surface area contributed by atoms with Gasteiger partial charge in [0.1, 0.15) is 9.84 Å². The van der Waals surface area contributed by atoms with Gasteiger partial charge in [0.15, 0.2) is 0 Å². The first-order chi connectivity index (χ1) is 4.95. The largest absolute Gasteiger partial charge is 1.00 e. The van der Waals surface area contributed by atoms with Gasteiger partial charge in [0.2, 0.25) is 0 Å². The Kier molecular flexibility index (Phi) is 8.49. The Hall–Kier alpha value is 0.380. The van der Waals surface area contributed by atoms with Crippen LogP contribution in [0.2, 0.25) is 0 Å². The molecule has 0 aliphatic rings. The zero-order chi connectivity index (χ0) is 8.91. The molecule has 0 atom stereocenters. The molecule has 0 aromatic rings. The summed E-state index contributed by atoms with van der Waals surface area (Å²) in [5.74, 6) is -1.02. The normalized spacial score (nSPS) is 10.2. The molecule has 0 N–H and O–H groups in total. The maximum absolute atomic E-state index is 10.5. The van der Waals surface area contributed by atoms with Crippen molar-refractivity contribution in [2.24, 2.45) is 0 Å². The average molecular weight is 204 g/mol. The van der Waals surface area contributed by atoms with Crippen molar-refractivity contribution in [3.05, 3.63) is 0 Å². The second-order valence-corrected chi connectivity index (χ2v) is 4.45. The van der Waals surface area contributed by atoms with Crippen LogP contribution in [0.3, 0.4) is 0 Å². The summed E-state index contributed by atoms with van der Waals surface area (Å²) in [6.07, 6.45) is 1.06. The molecular weight excluding hydrogens is 195 g/mol. The summed E-state index contributed by atoms with van der Waals surface area (Å²) in [5, 5.41) is 9.39. The second-order valence-electron chi connectivity index (χ2n) is 2.19. The molecule has 0 unspecified atom stereocenters. The number of rotatable bonds is 4. The van der Waals surface area contributed by atoms with E-state index in [-0.39, 0.29) is 48.2 Å². The molecule has 0 radical (unpaired) electrons. The molecule has 0 saturated heterocycles. The van der Waals surface area contributed by atoms with Crippen molar-refractivity contribution in [3.63, 3.8) is 0 Å². The van der Waals surface area contributed by atoms with E-state index < -0.39 is 15.8 Å². The first-order valence-corrected chi connectivity index (χ1v) is 5.02. The van der Waals surface area contributed by atoms with Crippen LogP contribution in [0.5, 0.6) is 0 Å². The number of sulfone groups is 1. The first kappa shape index (κ1) is 14.9. The molecule has 12 heavy (non-hydrogen) atoms. The second kappa shape index (κ2) is 6.85. The molecule has 0 aliphatic heterocycles. The van der Waals surface area contributed by atoms with Gasteiger partial charge in [-0.3, -0.25) is 4.79 Å². The molecule has 0 spiro atoms. The first-order valence-electron chi connectivity index (χ1n) is 2.96. The molecule has 0 saturated carbocycles. The summed E-state index contributed by atoms with van der Waals surface area (Å²) in [7, 11) is -3.04. The molecule has 66 valence electrons. The van der Waals surface area contributed by atoms with Gasteiger partial charge in [-0.05, 0) is 6.42 Å². The third-order valence-corrected chi connectivity index (χ3v) is 2.02. The van der Waals surface area contributed by atoms with E-state index in [1.54, 1.807) is 0 Å². The Labute approximate surface area is 93.2 Å². The van der Waals surface area contributed by atoms with E-state index in [2.05, 4.69) is 4.89 Å². The minimum Gasteiger partial charge on any atom is -0.662 e. The molecule has 0 aromatic heterocycles. The van der Waals surface area contributed by atoms with Crippen LogP contribution in [0.25, 0.3) is 0 Å². The van der Waals surface area contributed by atoms with Crippen LogP contribution < -0.4 is 34.8 Å². The van der Waals surface area contributed by atoms with E-state index in [1.807, 2.05) is 0 Å². The van der Waals surface area contributed by atoms with Crippen LogP contribution in [-0.2, 0) is 19.5 Å². The van der Waals surface area contributed by atoms with E-state index in [1.165, 1.54) is 0 Å². The van der Waals surface area contributed by atoms with Crippen LogP contribution in [0.4, 0.5) is 0 Å². The van der Waals surface area contributed by atoms with Crippen molar-refractivity contribution < 1.29 is 52.9 Å². The van der Waals surface area contributed by atoms with Crippen molar-refractivity contribution in [1.82, 2.24) is 0 Å². The maximum Gasteiger partial charge on any atom is 1.00 e. The van der Waals surface area contributed by atoms with Crippen molar-refractivity contribution >= 4 is 15.8 Å².